The molecule has 0 amide bonds. The molecule has 0 radical (unpaired) electrons. The first-order valence-corrected chi connectivity index (χ1v) is 6.81. The third-order valence-electron chi connectivity index (χ3n) is 2.44. The van der Waals surface area contributed by atoms with Gasteiger partial charge in [-0.05, 0) is 32.4 Å². The van der Waals surface area contributed by atoms with Crippen LogP contribution >= 0.6 is 11.8 Å². The number of rotatable bonds is 7. The number of nitrogens with zero attached hydrogens (tertiary/aromatic N) is 3. The van der Waals surface area contributed by atoms with E-state index in [1.54, 1.807) is 11.8 Å². The van der Waals surface area contributed by atoms with Gasteiger partial charge in [-0.25, -0.2) is 0 Å². The summed E-state index contributed by atoms with van der Waals surface area (Å²) in [7, 11) is 0. The Bertz CT molecular complexity index is 285. The van der Waals surface area contributed by atoms with Crippen molar-refractivity contribution in [3.8, 4) is 0 Å². The highest BCUT2D eigenvalue weighted by Crippen LogP contribution is 2.14. The first-order chi connectivity index (χ1) is 7.33. The molecule has 1 aromatic rings. The average Bonchev–Trinajstić information content (AvgIpc) is 2.66. The maximum atomic E-state index is 4.23. The molecule has 0 bridgehead atoms. The molecule has 1 heterocycles. The van der Waals surface area contributed by atoms with Crippen LogP contribution in [0.1, 0.15) is 32.0 Å². The Morgan fingerprint density at radius 3 is 2.67 bits per heavy atom. The monoisotopic (exact) mass is 229 g/mol. The third kappa shape index (κ3) is 3.50. The average molecular weight is 229 g/mol. The molecular weight excluding hydrogens is 208 g/mol. The summed E-state index contributed by atoms with van der Waals surface area (Å²) < 4.78 is 2.20. The van der Waals surface area contributed by atoms with E-state index < -0.39 is 0 Å². The van der Waals surface area contributed by atoms with E-state index in [2.05, 4.69) is 27.4 Å². The van der Waals surface area contributed by atoms with Crippen molar-refractivity contribution in [3.63, 3.8) is 0 Å². The first kappa shape index (κ1) is 12.5. The van der Waals surface area contributed by atoms with Crippen LogP contribution in [-0.2, 0) is 13.0 Å². The van der Waals surface area contributed by atoms with E-state index in [4.69, 9.17) is 0 Å². The molecule has 0 aliphatic rings. The molecule has 0 atom stereocenters. The lowest BCUT2D eigenvalue weighted by atomic mass is 10.2. The SMILES string of the molecule is CCn1c(CCCCC[NH3+])nnc1SC. The Labute approximate surface area is 95.6 Å². The molecule has 0 saturated heterocycles. The number of quaternary nitrogens is 1. The van der Waals surface area contributed by atoms with Crippen molar-refractivity contribution in [1.82, 2.24) is 14.8 Å². The number of thioether (sulfide) groups is 1. The topological polar surface area (TPSA) is 58.4 Å². The molecule has 0 aliphatic carbocycles. The number of unbranched alkanes of at least 4 members (excludes halogenated alkanes) is 2. The van der Waals surface area contributed by atoms with Gasteiger partial charge in [0.25, 0.3) is 0 Å². The fourth-order valence-electron chi connectivity index (χ4n) is 1.61. The number of hydrogen-bond donors (Lipinski definition) is 1. The van der Waals surface area contributed by atoms with Crippen LogP contribution in [0.3, 0.4) is 0 Å². The quantitative estimate of drug-likeness (QED) is 0.560. The predicted octanol–water partition coefficient (Wildman–Crippen LogP) is 0.975. The molecule has 5 heteroatoms. The molecule has 0 fully saturated rings. The van der Waals surface area contributed by atoms with Crippen LogP contribution in [0, 0.1) is 0 Å². The van der Waals surface area contributed by atoms with Gasteiger partial charge in [0.15, 0.2) is 5.16 Å². The zero-order valence-electron chi connectivity index (χ0n) is 9.70. The van der Waals surface area contributed by atoms with Crippen LogP contribution in [0.2, 0.25) is 0 Å². The second-order valence-electron chi connectivity index (χ2n) is 3.51. The second kappa shape index (κ2) is 6.85. The van der Waals surface area contributed by atoms with Crippen LogP contribution in [0.4, 0.5) is 0 Å². The molecule has 0 unspecified atom stereocenters. The van der Waals surface area contributed by atoms with Gasteiger partial charge in [0.1, 0.15) is 5.82 Å². The van der Waals surface area contributed by atoms with Crippen LogP contribution in [0.5, 0.6) is 0 Å². The molecular formula is C10H21N4S+. The molecule has 0 saturated carbocycles. The van der Waals surface area contributed by atoms with Crippen molar-refractivity contribution in [2.45, 2.75) is 44.3 Å². The summed E-state index contributed by atoms with van der Waals surface area (Å²) in [6, 6.07) is 0. The van der Waals surface area contributed by atoms with Gasteiger partial charge in [-0.3, -0.25) is 0 Å². The fourth-order valence-corrected chi connectivity index (χ4v) is 2.19. The molecule has 0 aromatic carbocycles. The molecule has 4 nitrogen and oxygen atoms in total. The Morgan fingerprint density at radius 2 is 2.07 bits per heavy atom. The highest BCUT2D eigenvalue weighted by molar-refractivity contribution is 7.98. The van der Waals surface area contributed by atoms with Gasteiger partial charge in [0.05, 0.1) is 6.54 Å². The van der Waals surface area contributed by atoms with Crippen molar-refractivity contribution in [1.29, 1.82) is 0 Å². The summed E-state index contributed by atoms with van der Waals surface area (Å²) in [6.45, 7) is 4.15. The summed E-state index contributed by atoms with van der Waals surface area (Å²) in [4.78, 5) is 0. The summed E-state index contributed by atoms with van der Waals surface area (Å²) in [5.74, 6) is 1.13. The summed E-state index contributed by atoms with van der Waals surface area (Å²) >= 11 is 1.66. The molecule has 15 heavy (non-hydrogen) atoms. The fraction of sp³-hybridized carbons (Fsp3) is 0.800. The maximum Gasteiger partial charge on any atom is 0.190 e. The van der Waals surface area contributed by atoms with E-state index >= 15 is 0 Å². The molecule has 3 N–H and O–H groups in total. The number of aromatic nitrogens is 3. The summed E-state index contributed by atoms with van der Waals surface area (Å²) in [5.41, 5.74) is 3.84. The van der Waals surface area contributed by atoms with Gasteiger partial charge in [0, 0.05) is 13.0 Å². The standard InChI is InChI=1S/C10H20N4S/c1-3-14-9(7-5-4-6-8-11)12-13-10(14)15-2/h3-8,11H2,1-2H3/p+1. The lowest BCUT2D eigenvalue weighted by molar-refractivity contribution is -0.368. The van der Waals surface area contributed by atoms with E-state index in [9.17, 15) is 0 Å². The van der Waals surface area contributed by atoms with E-state index in [0.29, 0.717) is 0 Å². The van der Waals surface area contributed by atoms with Crippen molar-refractivity contribution < 1.29 is 5.73 Å². The molecule has 1 rings (SSSR count). The lowest BCUT2D eigenvalue weighted by Crippen LogP contribution is -2.50. The smallest absolute Gasteiger partial charge is 0.190 e. The van der Waals surface area contributed by atoms with Crippen molar-refractivity contribution in [3.05, 3.63) is 5.82 Å². The third-order valence-corrected chi connectivity index (χ3v) is 3.11. The summed E-state index contributed by atoms with van der Waals surface area (Å²) in [6.07, 6.45) is 6.75. The van der Waals surface area contributed by atoms with Gasteiger partial charge in [-0.2, -0.15) is 0 Å². The van der Waals surface area contributed by atoms with E-state index in [1.807, 2.05) is 6.26 Å². The van der Waals surface area contributed by atoms with Crippen LogP contribution in [0.25, 0.3) is 0 Å². The molecule has 0 spiro atoms. The highest BCUT2D eigenvalue weighted by Gasteiger charge is 2.08. The Kier molecular flexibility index (Phi) is 5.71. The van der Waals surface area contributed by atoms with E-state index in [1.165, 1.54) is 19.3 Å². The van der Waals surface area contributed by atoms with Gasteiger partial charge >= 0.3 is 0 Å². The molecule has 86 valence electrons. The van der Waals surface area contributed by atoms with Crippen molar-refractivity contribution >= 4 is 11.8 Å². The van der Waals surface area contributed by atoms with Gasteiger partial charge in [0.2, 0.25) is 0 Å². The summed E-state index contributed by atoms with van der Waals surface area (Å²) in [5, 5.41) is 9.43. The van der Waals surface area contributed by atoms with Gasteiger partial charge in [-0.15, -0.1) is 10.2 Å². The second-order valence-corrected chi connectivity index (χ2v) is 4.28. The van der Waals surface area contributed by atoms with E-state index in [0.717, 1.165) is 30.5 Å². The van der Waals surface area contributed by atoms with Crippen molar-refractivity contribution in [2.24, 2.45) is 0 Å². The predicted molar refractivity (Wildman–Crippen MR) is 62.8 cm³/mol. The number of aryl methyl sites for hydroxylation is 1. The van der Waals surface area contributed by atoms with Crippen molar-refractivity contribution in [2.75, 3.05) is 12.8 Å². The zero-order chi connectivity index (χ0) is 11.1. The minimum absolute atomic E-state index is 0.966. The highest BCUT2D eigenvalue weighted by atomic mass is 32.2. The molecule has 1 aromatic heterocycles. The number of hydrogen-bond acceptors (Lipinski definition) is 3. The van der Waals surface area contributed by atoms with Crippen LogP contribution in [-0.4, -0.2) is 27.6 Å². The Hall–Kier alpha value is -0.550. The Balaban J connectivity index is 2.49. The van der Waals surface area contributed by atoms with Gasteiger partial charge in [-0.1, -0.05) is 11.8 Å². The maximum absolute atomic E-state index is 4.23. The zero-order valence-corrected chi connectivity index (χ0v) is 10.5. The first-order valence-electron chi connectivity index (χ1n) is 5.58. The lowest BCUT2D eigenvalue weighted by Gasteiger charge is -2.05. The van der Waals surface area contributed by atoms with Gasteiger partial charge < -0.3 is 10.3 Å². The largest absolute Gasteiger partial charge is 0.358 e. The minimum atomic E-state index is 0.966. The molecule has 0 aliphatic heterocycles. The Morgan fingerprint density at radius 1 is 1.27 bits per heavy atom. The minimum Gasteiger partial charge on any atom is -0.358 e. The van der Waals surface area contributed by atoms with Crippen LogP contribution < -0.4 is 5.73 Å². The normalized spacial score (nSPS) is 10.9. The van der Waals surface area contributed by atoms with E-state index in [-0.39, 0.29) is 0 Å². The van der Waals surface area contributed by atoms with Crippen LogP contribution in [0.15, 0.2) is 5.16 Å².